The summed E-state index contributed by atoms with van der Waals surface area (Å²) in [7, 11) is 0. The van der Waals surface area contributed by atoms with E-state index in [0.717, 1.165) is 15.6 Å². The molecule has 13 heavy (non-hydrogen) atoms. The zero-order valence-corrected chi connectivity index (χ0v) is 8.85. The normalized spacial score (nSPS) is 15.1. The molecule has 0 fully saturated rings. The van der Waals surface area contributed by atoms with Crippen molar-refractivity contribution >= 4 is 21.7 Å². The lowest BCUT2D eigenvalue weighted by molar-refractivity contribution is 0.0932. The van der Waals surface area contributed by atoms with Crippen LogP contribution in [-0.2, 0) is 0 Å². The minimum Gasteiger partial charge on any atom is -0.492 e. The first-order valence-electron chi connectivity index (χ1n) is 4.14. The third-order valence-corrected chi connectivity index (χ3v) is 2.59. The first-order chi connectivity index (χ1) is 6.18. The van der Waals surface area contributed by atoms with E-state index in [9.17, 15) is 4.79 Å². The topological polar surface area (TPSA) is 26.3 Å². The molecule has 1 aromatic rings. The lowest BCUT2D eigenvalue weighted by Crippen LogP contribution is -2.16. The molecule has 0 unspecified atom stereocenters. The van der Waals surface area contributed by atoms with Gasteiger partial charge in [0.25, 0.3) is 0 Å². The Labute approximate surface area is 85.0 Å². The summed E-state index contributed by atoms with van der Waals surface area (Å²) in [6.07, 6.45) is 0.496. The first-order valence-corrected chi connectivity index (χ1v) is 4.94. The van der Waals surface area contributed by atoms with Crippen molar-refractivity contribution in [3.8, 4) is 5.75 Å². The van der Waals surface area contributed by atoms with Gasteiger partial charge in [0.1, 0.15) is 5.75 Å². The van der Waals surface area contributed by atoms with E-state index in [4.69, 9.17) is 4.74 Å². The molecule has 0 bridgehead atoms. The van der Waals surface area contributed by atoms with Crippen LogP contribution in [0.3, 0.4) is 0 Å². The van der Waals surface area contributed by atoms with Gasteiger partial charge in [-0.3, -0.25) is 4.79 Å². The highest BCUT2D eigenvalue weighted by atomic mass is 79.9. The van der Waals surface area contributed by atoms with Crippen molar-refractivity contribution < 1.29 is 9.53 Å². The van der Waals surface area contributed by atoms with Crippen LogP contribution in [0.5, 0.6) is 5.75 Å². The SMILES string of the molecule is Cc1cc(Br)cc2c1C(=O)CCO2. The molecule has 1 heterocycles. The van der Waals surface area contributed by atoms with Crippen LogP contribution >= 0.6 is 15.9 Å². The highest BCUT2D eigenvalue weighted by molar-refractivity contribution is 9.10. The van der Waals surface area contributed by atoms with E-state index < -0.39 is 0 Å². The van der Waals surface area contributed by atoms with Gasteiger partial charge in [0.2, 0.25) is 0 Å². The third kappa shape index (κ3) is 1.48. The summed E-state index contributed by atoms with van der Waals surface area (Å²) in [5.41, 5.74) is 1.73. The number of fused-ring (bicyclic) bond motifs is 1. The molecule has 0 spiro atoms. The predicted molar refractivity (Wildman–Crippen MR) is 53.3 cm³/mol. The number of halogens is 1. The monoisotopic (exact) mass is 240 g/mol. The second-order valence-corrected chi connectivity index (χ2v) is 4.03. The Kier molecular flexibility index (Phi) is 2.12. The number of ether oxygens (including phenoxy) is 1. The summed E-state index contributed by atoms with van der Waals surface area (Å²) in [6, 6.07) is 3.78. The Morgan fingerprint density at radius 1 is 1.46 bits per heavy atom. The second kappa shape index (κ2) is 3.14. The quantitative estimate of drug-likeness (QED) is 0.698. The predicted octanol–water partition coefficient (Wildman–Crippen LogP) is 2.72. The van der Waals surface area contributed by atoms with Crippen molar-refractivity contribution in [1.82, 2.24) is 0 Å². The Bertz CT molecular complexity index is 371. The van der Waals surface area contributed by atoms with Crippen molar-refractivity contribution in [1.29, 1.82) is 0 Å². The van der Waals surface area contributed by atoms with E-state index in [1.54, 1.807) is 0 Å². The number of hydrogen-bond donors (Lipinski definition) is 0. The number of aryl methyl sites for hydroxylation is 1. The lowest BCUT2D eigenvalue weighted by atomic mass is 10.00. The average molecular weight is 241 g/mol. The van der Waals surface area contributed by atoms with Gasteiger partial charge in [-0.2, -0.15) is 0 Å². The van der Waals surface area contributed by atoms with Crippen LogP contribution in [0.25, 0.3) is 0 Å². The van der Waals surface area contributed by atoms with Gasteiger partial charge in [-0.05, 0) is 24.6 Å². The van der Waals surface area contributed by atoms with Crippen LogP contribution in [0.2, 0.25) is 0 Å². The first kappa shape index (κ1) is 8.75. The van der Waals surface area contributed by atoms with Gasteiger partial charge >= 0.3 is 0 Å². The molecule has 1 aromatic carbocycles. The maximum absolute atomic E-state index is 11.5. The number of Topliss-reactive ketones (excluding diaryl/α,β-unsaturated/α-hetero) is 1. The van der Waals surface area contributed by atoms with Gasteiger partial charge in [-0.25, -0.2) is 0 Å². The third-order valence-electron chi connectivity index (χ3n) is 2.13. The Morgan fingerprint density at radius 2 is 2.23 bits per heavy atom. The fourth-order valence-corrected chi connectivity index (χ4v) is 2.11. The summed E-state index contributed by atoms with van der Waals surface area (Å²) < 4.78 is 6.36. The lowest BCUT2D eigenvalue weighted by Gasteiger charge is -2.18. The Hall–Kier alpha value is -0.830. The average Bonchev–Trinajstić information content (AvgIpc) is 2.02. The molecule has 1 aliphatic heterocycles. The highest BCUT2D eigenvalue weighted by Gasteiger charge is 2.20. The molecule has 0 amide bonds. The van der Waals surface area contributed by atoms with Gasteiger partial charge < -0.3 is 4.74 Å². The molecular weight excluding hydrogens is 232 g/mol. The molecule has 0 aromatic heterocycles. The van der Waals surface area contributed by atoms with Crippen molar-refractivity contribution in [3.05, 3.63) is 27.7 Å². The number of rotatable bonds is 0. The molecule has 0 N–H and O–H groups in total. The number of hydrogen-bond acceptors (Lipinski definition) is 2. The van der Waals surface area contributed by atoms with Crippen molar-refractivity contribution in [2.24, 2.45) is 0 Å². The van der Waals surface area contributed by atoms with E-state index in [2.05, 4.69) is 15.9 Å². The van der Waals surface area contributed by atoms with Gasteiger partial charge in [0, 0.05) is 10.9 Å². The molecule has 2 rings (SSSR count). The fraction of sp³-hybridized carbons (Fsp3) is 0.300. The largest absolute Gasteiger partial charge is 0.492 e. The molecule has 0 saturated heterocycles. The van der Waals surface area contributed by atoms with E-state index in [1.807, 2.05) is 19.1 Å². The van der Waals surface area contributed by atoms with Crippen LogP contribution in [0.4, 0.5) is 0 Å². The van der Waals surface area contributed by atoms with Gasteiger partial charge in [0.15, 0.2) is 5.78 Å². The number of carbonyl (C=O) groups excluding carboxylic acids is 1. The smallest absolute Gasteiger partial charge is 0.170 e. The number of benzene rings is 1. The summed E-state index contributed by atoms with van der Waals surface area (Å²) in [6.45, 7) is 2.43. The molecule has 3 heteroatoms. The number of carbonyl (C=O) groups is 1. The van der Waals surface area contributed by atoms with Gasteiger partial charge in [0.05, 0.1) is 12.2 Å². The summed E-state index contributed by atoms with van der Waals surface area (Å²) in [4.78, 5) is 11.5. The van der Waals surface area contributed by atoms with E-state index in [0.29, 0.717) is 18.8 Å². The minimum atomic E-state index is 0.186. The Morgan fingerprint density at radius 3 is 3.00 bits per heavy atom. The maximum Gasteiger partial charge on any atom is 0.170 e. The summed E-state index contributed by atoms with van der Waals surface area (Å²) in [5, 5.41) is 0. The van der Waals surface area contributed by atoms with Crippen LogP contribution in [-0.4, -0.2) is 12.4 Å². The minimum absolute atomic E-state index is 0.186. The van der Waals surface area contributed by atoms with E-state index in [-0.39, 0.29) is 5.78 Å². The molecule has 68 valence electrons. The Balaban J connectivity index is 2.63. The van der Waals surface area contributed by atoms with Gasteiger partial charge in [-0.15, -0.1) is 0 Å². The standard InChI is InChI=1S/C10H9BrO2/c1-6-4-7(11)5-9-10(6)8(12)2-3-13-9/h4-5H,2-3H2,1H3. The molecule has 0 aliphatic carbocycles. The van der Waals surface area contributed by atoms with Crippen LogP contribution in [0.1, 0.15) is 22.3 Å². The fourth-order valence-electron chi connectivity index (χ4n) is 1.56. The van der Waals surface area contributed by atoms with E-state index in [1.165, 1.54) is 0 Å². The van der Waals surface area contributed by atoms with E-state index >= 15 is 0 Å². The number of ketones is 1. The zero-order chi connectivity index (χ0) is 9.42. The molecule has 1 aliphatic rings. The zero-order valence-electron chi connectivity index (χ0n) is 7.26. The summed E-state index contributed by atoms with van der Waals surface area (Å²) in [5.74, 6) is 0.898. The molecular formula is C10H9BrO2. The van der Waals surface area contributed by atoms with Crippen molar-refractivity contribution in [3.63, 3.8) is 0 Å². The van der Waals surface area contributed by atoms with Crippen molar-refractivity contribution in [2.75, 3.05) is 6.61 Å². The van der Waals surface area contributed by atoms with Crippen molar-refractivity contribution in [2.45, 2.75) is 13.3 Å². The molecule has 2 nitrogen and oxygen atoms in total. The highest BCUT2D eigenvalue weighted by Crippen LogP contribution is 2.31. The van der Waals surface area contributed by atoms with Crippen LogP contribution in [0, 0.1) is 6.92 Å². The molecule has 0 radical (unpaired) electrons. The van der Waals surface area contributed by atoms with Crippen LogP contribution in [0.15, 0.2) is 16.6 Å². The molecule has 0 saturated carbocycles. The second-order valence-electron chi connectivity index (χ2n) is 3.12. The van der Waals surface area contributed by atoms with Crippen LogP contribution < -0.4 is 4.74 Å². The summed E-state index contributed by atoms with van der Waals surface area (Å²) >= 11 is 3.37. The van der Waals surface area contributed by atoms with Gasteiger partial charge in [-0.1, -0.05) is 15.9 Å². The molecule has 0 atom stereocenters. The maximum atomic E-state index is 11.5.